The fourth-order valence-corrected chi connectivity index (χ4v) is 3.90. The lowest BCUT2D eigenvalue weighted by atomic mass is 10.2. The number of halogens is 1. The van der Waals surface area contributed by atoms with Crippen LogP contribution >= 0.6 is 22.9 Å². The Hall–Kier alpha value is -1.99. The quantitative estimate of drug-likeness (QED) is 0.665. The first-order valence-electron chi connectivity index (χ1n) is 7.41. The van der Waals surface area contributed by atoms with E-state index in [0.29, 0.717) is 5.28 Å². The highest BCUT2D eigenvalue weighted by atomic mass is 35.5. The van der Waals surface area contributed by atoms with E-state index in [9.17, 15) is 0 Å². The van der Waals surface area contributed by atoms with Crippen LogP contribution in [-0.4, -0.2) is 46.1 Å². The second-order valence-corrected chi connectivity index (χ2v) is 6.99. The van der Waals surface area contributed by atoms with Gasteiger partial charge in [-0.1, -0.05) is 0 Å². The summed E-state index contributed by atoms with van der Waals surface area (Å²) in [5.74, 6) is 1.71. The van der Waals surface area contributed by atoms with Gasteiger partial charge in [0.1, 0.15) is 10.6 Å². The van der Waals surface area contributed by atoms with Crippen LogP contribution in [0.1, 0.15) is 4.88 Å². The maximum Gasteiger partial charge on any atom is 0.225 e. The standard InChI is InChI=1S/C15H15ClN6S/c1-10-9-11-12(19-14(16)20-13(11)23-10)21-5-7-22(8-6-21)15-17-3-2-4-18-15/h2-4,9H,5-8H2,1H3. The molecular weight excluding hydrogens is 332 g/mol. The van der Waals surface area contributed by atoms with Crippen molar-refractivity contribution < 1.29 is 0 Å². The lowest BCUT2D eigenvalue weighted by Gasteiger charge is -2.35. The summed E-state index contributed by atoms with van der Waals surface area (Å²) in [6.07, 6.45) is 3.55. The van der Waals surface area contributed by atoms with Crippen LogP contribution in [0.15, 0.2) is 24.5 Å². The van der Waals surface area contributed by atoms with Crippen molar-refractivity contribution >= 4 is 44.9 Å². The van der Waals surface area contributed by atoms with Gasteiger partial charge in [-0.25, -0.2) is 15.0 Å². The average molecular weight is 347 g/mol. The van der Waals surface area contributed by atoms with Crippen LogP contribution in [0.5, 0.6) is 0 Å². The Morgan fingerprint density at radius 3 is 2.48 bits per heavy atom. The van der Waals surface area contributed by atoms with Gasteiger partial charge in [-0.05, 0) is 30.7 Å². The summed E-state index contributed by atoms with van der Waals surface area (Å²) in [7, 11) is 0. The normalized spacial score (nSPS) is 15.4. The molecule has 0 N–H and O–H groups in total. The number of rotatable bonds is 2. The van der Waals surface area contributed by atoms with Gasteiger partial charge in [0.25, 0.3) is 0 Å². The van der Waals surface area contributed by atoms with Gasteiger partial charge >= 0.3 is 0 Å². The Kier molecular flexibility index (Phi) is 3.74. The van der Waals surface area contributed by atoms with Crippen molar-refractivity contribution in [2.24, 2.45) is 0 Å². The highest BCUT2D eigenvalue weighted by Crippen LogP contribution is 2.32. The minimum atomic E-state index is 0.308. The Bertz CT molecular complexity index is 829. The predicted octanol–water partition coefficient (Wildman–Crippen LogP) is 2.77. The van der Waals surface area contributed by atoms with Crippen LogP contribution in [0.4, 0.5) is 11.8 Å². The molecule has 23 heavy (non-hydrogen) atoms. The first-order chi connectivity index (χ1) is 11.2. The Labute approximate surface area is 142 Å². The molecule has 0 bridgehead atoms. The van der Waals surface area contributed by atoms with Gasteiger partial charge in [0.2, 0.25) is 11.2 Å². The summed E-state index contributed by atoms with van der Waals surface area (Å²) in [6.45, 7) is 5.51. The molecule has 8 heteroatoms. The van der Waals surface area contributed by atoms with E-state index in [-0.39, 0.29) is 0 Å². The third kappa shape index (κ3) is 2.82. The third-order valence-corrected chi connectivity index (χ3v) is 5.00. The smallest absolute Gasteiger partial charge is 0.225 e. The second-order valence-electron chi connectivity index (χ2n) is 5.42. The molecule has 3 aromatic rings. The maximum atomic E-state index is 6.10. The minimum absolute atomic E-state index is 0.308. The third-order valence-electron chi connectivity index (χ3n) is 3.88. The van der Waals surface area contributed by atoms with Crippen molar-refractivity contribution in [3.63, 3.8) is 0 Å². The molecule has 118 valence electrons. The van der Waals surface area contributed by atoms with Gasteiger partial charge in [-0.15, -0.1) is 11.3 Å². The summed E-state index contributed by atoms with van der Waals surface area (Å²) in [5.41, 5.74) is 0. The van der Waals surface area contributed by atoms with E-state index in [1.54, 1.807) is 23.7 Å². The Morgan fingerprint density at radius 1 is 1.04 bits per heavy atom. The van der Waals surface area contributed by atoms with Gasteiger partial charge in [0.15, 0.2) is 0 Å². The molecule has 0 aromatic carbocycles. The summed E-state index contributed by atoms with van der Waals surface area (Å²) in [6, 6.07) is 3.97. The molecule has 0 saturated carbocycles. The molecule has 4 rings (SSSR count). The summed E-state index contributed by atoms with van der Waals surface area (Å²) < 4.78 is 0. The molecule has 1 fully saturated rings. The summed E-state index contributed by atoms with van der Waals surface area (Å²) in [4.78, 5) is 24.1. The van der Waals surface area contributed by atoms with Crippen molar-refractivity contribution in [2.75, 3.05) is 36.0 Å². The fourth-order valence-electron chi connectivity index (χ4n) is 2.82. The van der Waals surface area contributed by atoms with E-state index in [4.69, 9.17) is 11.6 Å². The number of nitrogens with zero attached hydrogens (tertiary/aromatic N) is 6. The summed E-state index contributed by atoms with van der Waals surface area (Å²) >= 11 is 7.75. The zero-order valence-electron chi connectivity index (χ0n) is 12.6. The van der Waals surface area contributed by atoms with Crippen LogP contribution < -0.4 is 9.80 Å². The van der Waals surface area contributed by atoms with Crippen molar-refractivity contribution in [1.82, 2.24) is 19.9 Å². The first-order valence-corrected chi connectivity index (χ1v) is 8.61. The number of aryl methyl sites for hydroxylation is 1. The van der Waals surface area contributed by atoms with Crippen molar-refractivity contribution in [3.8, 4) is 0 Å². The SMILES string of the molecule is Cc1cc2c(N3CCN(c4ncccn4)CC3)nc(Cl)nc2s1. The van der Waals surface area contributed by atoms with Crippen molar-refractivity contribution in [2.45, 2.75) is 6.92 Å². The van der Waals surface area contributed by atoms with Gasteiger partial charge in [-0.2, -0.15) is 4.98 Å². The van der Waals surface area contributed by atoms with E-state index in [1.807, 2.05) is 6.07 Å². The van der Waals surface area contributed by atoms with E-state index in [2.05, 4.69) is 42.7 Å². The van der Waals surface area contributed by atoms with Crippen molar-refractivity contribution in [3.05, 3.63) is 34.7 Å². The molecule has 0 aliphatic carbocycles. The number of piperazine rings is 1. The Balaban J connectivity index is 1.59. The molecule has 1 aliphatic heterocycles. The zero-order chi connectivity index (χ0) is 15.8. The highest BCUT2D eigenvalue weighted by Gasteiger charge is 2.22. The predicted molar refractivity (Wildman–Crippen MR) is 93.6 cm³/mol. The molecule has 4 heterocycles. The molecule has 1 saturated heterocycles. The number of hydrogen-bond acceptors (Lipinski definition) is 7. The fraction of sp³-hybridized carbons (Fsp3) is 0.333. The van der Waals surface area contributed by atoms with Gasteiger partial charge < -0.3 is 9.80 Å². The molecule has 1 aliphatic rings. The molecule has 0 spiro atoms. The monoisotopic (exact) mass is 346 g/mol. The van der Waals surface area contributed by atoms with E-state index < -0.39 is 0 Å². The molecule has 3 aromatic heterocycles. The van der Waals surface area contributed by atoms with E-state index >= 15 is 0 Å². The number of hydrogen-bond donors (Lipinski definition) is 0. The maximum absolute atomic E-state index is 6.10. The largest absolute Gasteiger partial charge is 0.352 e. The van der Waals surface area contributed by atoms with Crippen LogP contribution in [-0.2, 0) is 0 Å². The van der Waals surface area contributed by atoms with Crippen LogP contribution in [0.25, 0.3) is 10.2 Å². The topological polar surface area (TPSA) is 58.0 Å². The second kappa shape index (κ2) is 5.90. The molecule has 0 radical (unpaired) electrons. The lowest BCUT2D eigenvalue weighted by molar-refractivity contribution is 0.636. The van der Waals surface area contributed by atoms with Crippen molar-refractivity contribution in [1.29, 1.82) is 0 Å². The van der Waals surface area contributed by atoms with Crippen LogP contribution in [0, 0.1) is 6.92 Å². The highest BCUT2D eigenvalue weighted by molar-refractivity contribution is 7.18. The summed E-state index contributed by atoms with van der Waals surface area (Å²) in [5, 5.41) is 1.39. The number of thiophene rings is 1. The average Bonchev–Trinajstić information content (AvgIpc) is 2.95. The molecule has 0 amide bonds. The van der Waals surface area contributed by atoms with Crippen LogP contribution in [0.3, 0.4) is 0 Å². The first kappa shape index (κ1) is 14.6. The molecule has 6 nitrogen and oxygen atoms in total. The zero-order valence-corrected chi connectivity index (χ0v) is 14.2. The Morgan fingerprint density at radius 2 is 1.74 bits per heavy atom. The van der Waals surface area contributed by atoms with E-state index in [0.717, 1.165) is 48.2 Å². The molecule has 0 atom stereocenters. The van der Waals surface area contributed by atoms with E-state index in [1.165, 1.54) is 4.88 Å². The van der Waals surface area contributed by atoms with Crippen LogP contribution in [0.2, 0.25) is 5.28 Å². The molecular formula is C15H15ClN6S. The van der Waals surface area contributed by atoms with Gasteiger partial charge in [0, 0.05) is 43.4 Å². The van der Waals surface area contributed by atoms with Gasteiger partial charge in [0.05, 0.1) is 5.39 Å². The minimum Gasteiger partial charge on any atom is -0.352 e. The number of aromatic nitrogens is 4. The number of anilines is 2. The molecule has 0 unspecified atom stereocenters. The van der Waals surface area contributed by atoms with Gasteiger partial charge in [-0.3, -0.25) is 0 Å². The number of fused-ring (bicyclic) bond motifs is 1. The lowest BCUT2D eigenvalue weighted by Crippen LogP contribution is -2.47.